The first-order chi connectivity index (χ1) is 9.11. The van der Waals surface area contributed by atoms with E-state index in [4.69, 9.17) is 5.11 Å². The number of nitrogens with one attached hydrogen (secondary N) is 1. The van der Waals surface area contributed by atoms with Crippen molar-refractivity contribution in [2.24, 2.45) is 0 Å². The molecule has 1 amide bonds. The van der Waals surface area contributed by atoms with E-state index in [-0.39, 0.29) is 12.5 Å². The van der Waals surface area contributed by atoms with E-state index in [2.05, 4.69) is 5.32 Å². The summed E-state index contributed by atoms with van der Waals surface area (Å²) in [4.78, 5) is 13.8. The average molecular weight is 264 g/mol. The summed E-state index contributed by atoms with van der Waals surface area (Å²) < 4.78 is 0. The Kier molecular flexibility index (Phi) is 7.15. The van der Waals surface area contributed by atoms with Crippen molar-refractivity contribution in [3.05, 3.63) is 29.8 Å². The number of aryl methyl sites for hydroxylation is 1. The molecule has 1 aromatic rings. The van der Waals surface area contributed by atoms with Gasteiger partial charge in [0, 0.05) is 12.3 Å². The normalized spacial score (nSPS) is 10.7. The third kappa shape index (κ3) is 6.94. The van der Waals surface area contributed by atoms with Gasteiger partial charge in [0.15, 0.2) is 0 Å². The maximum Gasteiger partial charge on any atom is 0.238 e. The summed E-state index contributed by atoms with van der Waals surface area (Å²) in [6.45, 7) is 3.52. The van der Waals surface area contributed by atoms with Gasteiger partial charge in [-0.2, -0.15) is 0 Å². The Balaban J connectivity index is 2.26. The summed E-state index contributed by atoms with van der Waals surface area (Å²) in [6, 6.07) is 7.79. The molecule has 0 aliphatic rings. The molecule has 0 bridgehead atoms. The standard InChI is InChI=1S/C15H24N2O2/c1-13-7-6-8-14(11-13)16-15(19)12-17(2)9-4-3-5-10-18/h6-8,11,18H,3-5,9-10,12H2,1-2H3,(H,16,19). The van der Waals surface area contributed by atoms with Crippen molar-refractivity contribution in [2.75, 3.05) is 32.1 Å². The molecule has 4 nitrogen and oxygen atoms in total. The quantitative estimate of drug-likeness (QED) is 0.706. The van der Waals surface area contributed by atoms with E-state index in [1.807, 2.05) is 43.1 Å². The first-order valence-corrected chi connectivity index (χ1v) is 6.77. The molecule has 0 spiro atoms. The number of rotatable bonds is 8. The molecule has 19 heavy (non-hydrogen) atoms. The van der Waals surface area contributed by atoms with Crippen LogP contribution in [0.1, 0.15) is 24.8 Å². The van der Waals surface area contributed by atoms with Crippen molar-refractivity contribution in [1.82, 2.24) is 4.90 Å². The van der Waals surface area contributed by atoms with Crippen molar-refractivity contribution in [3.63, 3.8) is 0 Å². The van der Waals surface area contributed by atoms with E-state index in [0.717, 1.165) is 37.1 Å². The molecule has 0 saturated carbocycles. The second-order valence-corrected chi connectivity index (χ2v) is 4.94. The molecular formula is C15H24N2O2. The van der Waals surface area contributed by atoms with Crippen molar-refractivity contribution in [1.29, 1.82) is 0 Å². The van der Waals surface area contributed by atoms with Crippen molar-refractivity contribution in [2.45, 2.75) is 26.2 Å². The molecule has 4 heteroatoms. The summed E-state index contributed by atoms with van der Waals surface area (Å²) in [5, 5.41) is 11.6. The van der Waals surface area contributed by atoms with Crippen LogP contribution in [-0.2, 0) is 4.79 Å². The molecule has 1 aromatic carbocycles. The number of carbonyl (C=O) groups is 1. The predicted molar refractivity (Wildman–Crippen MR) is 78.2 cm³/mol. The van der Waals surface area contributed by atoms with Crippen LogP contribution in [0.2, 0.25) is 0 Å². The summed E-state index contributed by atoms with van der Waals surface area (Å²) in [5.41, 5.74) is 1.98. The van der Waals surface area contributed by atoms with Gasteiger partial charge in [-0.1, -0.05) is 12.1 Å². The fourth-order valence-corrected chi connectivity index (χ4v) is 1.92. The van der Waals surface area contributed by atoms with Gasteiger partial charge in [-0.25, -0.2) is 0 Å². The Labute approximate surface area is 115 Å². The van der Waals surface area contributed by atoms with E-state index in [1.165, 1.54) is 0 Å². The lowest BCUT2D eigenvalue weighted by atomic mass is 10.2. The SMILES string of the molecule is Cc1cccc(NC(=O)CN(C)CCCCCO)c1. The van der Waals surface area contributed by atoms with Gasteiger partial charge in [-0.3, -0.25) is 9.69 Å². The Morgan fingerprint density at radius 2 is 2.11 bits per heavy atom. The van der Waals surface area contributed by atoms with E-state index in [1.54, 1.807) is 0 Å². The number of benzene rings is 1. The highest BCUT2D eigenvalue weighted by Gasteiger charge is 2.06. The number of carbonyl (C=O) groups excluding carboxylic acids is 1. The minimum Gasteiger partial charge on any atom is -0.396 e. The molecule has 0 aromatic heterocycles. The average Bonchev–Trinajstić information content (AvgIpc) is 2.34. The van der Waals surface area contributed by atoms with Crippen LogP contribution in [-0.4, -0.2) is 42.7 Å². The van der Waals surface area contributed by atoms with Crippen LogP contribution in [0.15, 0.2) is 24.3 Å². The third-order valence-corrected chi connectivity index (χ3v) is 2.91. The van der Waals surface area contributed by atoms with Crippen molar-refractivity contribution >= 4 is 11.6 Å². The van der Waals surface area contributed by atoms with Gasteiger partial charge in [-0.15, -0.1) is 0 Å². The van der Waals surface area contributed by atoms with Gasteiger partial charge >= 0.3 is 0 Å². The highest BCUT2D eigenvalue weighted by Crippen LogP contribution is 2.09. The number of hydrogen-bond acceptors (Lipinski definition) is 3. The lowest BCUT2D eigenvalue weighted by Gasteiger charge is -2.16. The number of aliphatic hydroxyl groups is 1. The van der Waals surface area contributed by atoms with Crippen LogP contribution < -0.4 is 5.32 Å². The molecule has 0 fully saturated rings. The van der Waals surface area contributed by atoms with Crippen molar-refractivity contribution in [3.8, 4) is 0 Å². The minimum absolute atomic E-state index is 0.00950. The number of aliphatic hydroxyl groups excluding tert-OH is 1. The van der Waals surface area contributed by atoms with Gasteiger partial charge in [0.1, 0.15) is 0 Å². The topological polar surface area (TPSA) is 52.6 Å². The van der Waals surface area contributed by atoms with Crippen LogP contribution in [0, 0.1) is 6.92 Å². The molecule has 0 atom stereocenters. The summed E-state index contributed by atoms with van der Waals surface area (Å²) in [7, 11) is 1.94. The third-order valence-electron chi connectivity index (χ3n) is 2.91. The number of unbranched alkanes of at least 4 members (excludes halogenated alkanes) is 2. The first kappa shape index (κ1) is 15.7. The second-order valence-electron chi connectivity index (χ2n) is 4.94. The summed E-state index contributed by atoms with van der Waals surface area (Å²) in [6.07, 6.45) is 2.85. The zero-order chi connectivity index (χ0) is 14.1. The largest absolute Gasteiger partial charge is 0.396 e. The lowest BCUT2D eigenvalue weighted by Crippen LogP contribution is -2.30. The van der Waals surface area contributed by atoms with E-state index < -0.39 is 0 Å². The Bertz CT molecular complexity index is 393. The van der Waals surface area contributed by atoms with Crippen LogP contribution in [0.25, 0.3) is 0 Å². The molecule has 0 radical (unpaired) electrons. The molecule has 1 rings (SSSR count). The highest BCUT2D eigenvalue weighted by molar-refractivity contribution is 5.92. The van der Waals surface area contributed by atoms with E-state index in [9.17, 15) is 4.79 Å². The number of anilines is 1. The molecule has 0 heterocycles. The van der Waals surface area contributed by atoms with Crippen LogP contribution in [0.4, 0.5) is 5.69 Å². The fourth-order valence-electron chi connectivity index (χ4n) is 1.92. The van der Waals surface area contributed by atoms with Crippen LogP contribution in [0.3, 0.4) is 0 Å². The lowest BCUT2D eigenvalue weighted by molar-refractivity contribution is -0.117. The van der Waals surface area contributed by atoms with Gasteiger partial charge < -0.3 is 10.4 Å². The molecule has 0 aliphatic carbocycles. The van der Waals surface area contributed by atoms with Crippen molar-refractivity contribution < 1.29 is 9.90 Å². The number of hydrogen-bond donors (Lipinski definition) is 2. The molecule has 2 N–H and O–H groups in total. The Morgan fingerprint density at radius 3 is 2.79 bits per heavy atom. The molecule has 0 unspecified atom stereocenters. The van der Waals surface area contributed by atoms with Crippen LogP contribution in [0.5, 0.6) is 0 Å². The maximum atomic E-state index is 11.8. The second kappa shape index (κ2) is 8.67. The first-order valence-electron chi connectivity index (χ1n) is 6.77. The van der Waals surface area contributed by atoms with E-state index >= 15 is 0 Å². The molecular weight excluding hydrogens is 240 g/mol. The highest BCUT2D eigenvalue weighted by atomic mass is 16.2. The zero-order valence-electron chi connectivity index (χ0n) is 11.9. The Hall–Kier alpha value is -1.39. The van der Waals surface area contributed by atoms with Gasteiger partial charge in [0.05, 0.1) is 6.54 Å². The van der Waals surface area contributed by atoms with Gasteiger partial charge in [-0.05, 0) is 57.5 Å². The van der Waals surface area contributed by atoms with Crippen LogP contribution >= 0.6 is 0 Å². The summed E-state index contributed by atoms with van der Waals surface area (Å²) >= 11 is 0. The number of nitrogens with zero attached hydrogens (tertiary/aromatic N) is 1. The monoisotopic (exact) mass is 264 g/mol. The van der Waals surface area contributed by atoms with Gasteiger partial charge in [0.25, 0.3) is 0 Å². The summed E-state index contributed by atoms with van der Waals surface area (Å²) in [5.74, 6) is 0.00950. The smallest absolute Gasteiger partial charge is 0.238 e. The van der Waals surface area contributed by atoms with Gasteiger partial charge in [0.2, 0.25) is 5.91 Å². The minimum atomic E-state index is 0.00950. The number of likely N-dealkylation sites (N-methyl/N-ethyl adjacent to an activating group) is 1. The van der Waals surface area contributed by atoms with E-state index in [0.29, 0.717) is 6.54 Å². The molecule has 0 aliphatic heterocycles. The number of amides is 1. The maximum absolute atomic E-state index is 11.8. The molecule has 0 saturated heterocycles. The molecule has 106 valence electrons. The fraction of sp³-hybridized carbons (Fsp3) is 0.533. The Morgan fingerprint density at radius 1 is 1.32 bits per heavy atom. The predicted octanol–water partition coefficient (Wildman–Crippen LogP) is 2.03. The zero-order valence-corrected chi connectivity index (χ0v) is 11.9.